The van der Waals surface area contributed by atoms with Gasteiger partial charge in [0.15, 0.2) is 24.0 Å². The van der Waals surface area contributed by atoms with Crippen LogP contribution in [0.1, 0.15) is 0 Å². The van der Waals surface area contributed by atoms with Crippen molar-refractivity contribution in [2.45, 2.75) is 9.79 Å². The summed E-state index contributed by atoms with van der Waals surface area (Å²) in [5.41, 5.74) is 0. The largest absolute Gasteiger partial charge is 0.478 e. The Morgan fingerprint density at radius 3 is 2.44 bits per heavy atom. The highest BCUT2D eigenvalue weighted by Crippen LogP contribution is 2.28. The molecule has 0 atom stereocenters. The number of hydrogen-bond donors (Lipinski definition) is 2. The van der Waals surface area contributed by atoms with Crippen molar-refractivity contribution in [1.82, 2.24) is 10.0 Å². The van der Waals surface area contributed by atoms with Gasteiger partial charge in [-0.3, -0.25) is 9.52 Å². The smallest absolute Gasteiger partial charge is 0.257 e. The van der Waals surface area contributed by atoms with Crippen LogP contribution in [0.4, 0.5) is 8.78 Å². The quantitative estimate of drug-likeness (QED) is 0.394. The Morgan fingerprint density at radius 1 is 1.12 bits per heavy atom. The zero-order chi connectivity index (χ0) is 18.1. The van der Waals surface area contributed by atoms with Crippen LogP contribution in [0.3, 0.4) is 0 Å². The Morgan fingerprint density at radius 2 is 1.80 bits per heavy atom. The fourth-order valence-corrected chi connectivity index (χ4v) is 3.41. The summed E-state index contributed by atoms with van der Waals surface area (Å²) in [6, 6.07) is 12.3. The number of amides is 1. The highest BCUT2D eigenvalue weighted by Gasteiger charge is 2.14. The molecule has 25 heavy (non-hydrogen) atoms. The van der Waals surface area contributed by atoms with Crippen molar-refractivity contribution in [2.24, 2.45) is 0 Å². The summed E-state index contributed by atoms with van der Waals surface area (Å²) in [5, 5.41) is 2.32. The molecule has 2 N–H and O–H groups in total. The molecular weight excluding hydrogens is 366 g/mol. The Hall–Kier alpha value is -1.77. The average molecular weight is 384 g/mol. The third-order valence-electron chi connectivity index (χ3n) is 3.00. The molecule has 1 amide bonds. The third kappa shape index (κ3) is 6.56. The Kier molecular flexibility index (Phi) is 8.03. The average Bonchev–Trinajstić information content (AvgIpc) is 2.61. The van der Waals surface area contributed by atoms with Crippen LogP contribution in [0.15, 0.2) is 52.3 Å². The van der Waals surface area contributed by atoms with Crippen LogP contribution < -0.4 is 14.8 Å². The second kappa shape index (κ2) is 10.3. The number of hydrogen-bond acceptors (Lipinski definition) is 5. The van der Waals surface area contributed by atoms with Gasteiger partial charge in [-0.05, 0) is 36.2 Å². The number of carbonyl (C=O) groups excluding carboxylic acids is 1. The standard InChI is InChI=1S/C17H18F2N2O2S2/c1-20-16(22)11-23-17-14(18)9-13(10-15(17)19)24-8-7-21-25-12-5-3-2-4-6-12/h2-6,9-10,21H,7-8,11H2,1H3,(H,20,22). The summed E-state index contributed by atoms with van der Waals surface area (Å²) in [4.78, 5) is 12.7. The maximum absolute atomic E-state index is 13.9. The van der Waals surface area contributed by atoms with E-state index in [4.69, 9.17) is 4.74 Å². The minimum Gasteiger partial charge on any atom is -0.478 e. The maximum atomic E-state index is 13.9. The molecule has 0 aliphatic rings. The molecule has 0 aliphatic heterocycles. The molecule has 8 heteroatoms. The van der Waals surface area contributed by atoms with Gasteiger partial charge in [-0.25, -0.2) is 8.78 Å². The van der Waals surface area contributed by atoms with E-state index in [-0.39, 0.29) is 0 Å². The van der Waals surface area contributed by atoms with Gasteiger partial charge in [0, 0.05) is 29.1 Å². The van der Waals surface area contributed by atoms with Crippen LogP contribution in [0.5, 0.6) is 5.75 Å². The lowest BCUT2D eigenvalue weighted by Gasteiger charge is -2.09. The lowest BCUT2D eigenvalue weighted by molar-refractivity contribution is -0.122. The van der Waals surface area contributed by atoms with E-state index in [0.717, 1.165) is 4.90 Å². The molecule has 0 fully saturated rings. The van der Waals surface area contributed by atoms with Crippen LogP contribution in [-0.4, -0.2) is 31.9 Å². The number of likely N-dealkylation sites (N-methyl/N-ethyl adjacent to an activating group) is 1. The number of benzene rings is 2. The molecule has 0 radical (unpaired) electrons. The highest BCUT2D eigenvalue weighted by molar-refractivity contribution is 7.99. The lowest BCUT2D eigenvalue weighted by Crippen LogP contribution is -2.25. The molecule has 0 saturated carbocycles. The van der Waals surface area contributed by atoms with Crippen LogP contribution in [0.2, 0.25) is 0 Å². The van der Waals surface area contributed by atoms with E-state index in [1.807, 2.05) is 30.3 Å². The molecule has 0 saturated heterocycles. The van der Waals surface area contributed by atoms with Gasteiger partial charge in [-0.1, -0.05) is 18.2 Å². The maximum Gasteiger partial charge on any atom is 0.257 e. The van der Waals surface area contributed by atoms with Crippen molar-refractivity contribution >= 4 is 29.6 Å². The lowest BCUT2D eigenvalue weighted by atomic mass is 10.3. The van der Waals surface area contributed by atoms with Gasteiger partial charge in [-0.15, -0.1) is 11.8 Å². The van der Waals surface area contributed by atoms with Gasteiger partial charge in [0.2, 0.25) is 0 Å². The number of rotatable bonds is 9. The zero-order valence-corrected chi connectivity index (χ0v) is 15.2. The van der Waals surface area contributed by atoms with Crippen molar-refractivity contribution in [3.63, 3.8) is 0 Å². The molecule has 2 rings (SSSR count). The number of ether oxygens (including phenoxy) is 1. The van der Waals surface area contributed by atoms with E-state index < -0.39 is 29.9 Å². The van der Waals surface area contributed by atoms with Crippen LogP contribution >= 0.6 is 23.7 Å². The van der Waals surface area contributed by atoms with Crippen molar-refractivity contribution < 1.29 is 18.3 Å². The molecule has 0 bridgehead atoms. The van der Waals surface area contributed by atoms with Gasteiger partial charge in [0.1, 0.15) is 0 Å². The topological polar surface area (TPSA) is 50.4 Å². The summed E-state index contributed by atoms with van der Waals surface area (Å²) >= 11 is 2.84. The Balaban J connectivity index is 1.79. The van der Waals surface area contributed by atoms with E-state index in [2.05, 4.69) is 10.0 Å². The Bertz CT molecular complexity index is 679. The third-order valence-corrected chi connectivity index (χ3v) is 4.84. The summed E-state index contributed by atoms with van der Waals surface area (Å²) in [5.74, 6) is -1.99. The first kappa shape index (κ1) is 19.6. The predicted molar refractivity (Wildman–Crippen MR) is 96.9 cm³/mol. The van der Waals surface area contributed by atoms with Crippen molar-refractivity contribution in [1.29, 1.82) is 0 Å². The fourth-order valence-electron chi connectivity index (χ4n) is 1.80. The normalized spacial score (nSPS) is 10.5. The molecule has 2 aromatic carbocycles. The van der Waals surface area contributed by atoms with Gasteiger partial charge in [-0.2, -0.15) is 0 Å². The number of nitrogens with one attached hydrogen (secondary N) is 2. The predicted octanol–water partition coefficient (Wildman–Crippen LogP) is 3.48. The van der Waals surface area contributed by atoms with E-state index in [1.165, 1.54) is 42.9 Å². The van der Waals surface area contributed by atoms with Gasteiger partial charge in [0.25, 0.3) is 5.91 Å². The summed E-state index contributed by atoms with van der Waals surface area (Å²) in [6.07, 6.45) is 0. The van der Waals surface area contributed by atoms with Crippen molar-refractivity contribution in [2.75, 3.05) is 26.0 Å². The second-order valence-electron chi connectivity index (χ2n) is 4.84. The van der Waals surface area contributed by atoms with Crippen molar-refractivity contribution in [3.8, 4) is 5.75 Å². The van der Waals surface area contributed by atoms with Crippen LogP contribution in [0, 0.1) is 11.6 Å². The summed E-state index contributed by atoms with van der Waals surface area (Å²) in [7, 11) is 1.42. The molecule has 0 unspecified atom stereocenters. The molecule has 4 nitrogen and oxygen atoms in total. The number of thioether (sulfide) groups is 1. The molecule has 0 heterocycles. The summed E-state index contributed by atoms with van der Waals surface area (Å²) in [6.45, 7) is 0.236. The van der Waals surface area contributed by atoms with E-state index >= 15 is 0 Å². The fraction of sp³-hybridized carbons (Fsp3) is 0.235. The zero-order valence-electron chi connectivity index (χ0n) is 13.6. The Labute approximate surface area is 153 Å². The van der Waals surface area contributed by atoms with Gasteiger partial charge >= 0.3 is 0 Å². The molecular formula is C17H18F2N2O2S2. The van der Waals surface area contributed by atoms with E-state index in [1.54, 1.807) is 0 Å². The highest BCUT2D eigenvalue weighted by atomic mass is 32.2. The first-order chi connectivity index (χ1) is 12.1. The monoisotopic (exact) mass is 384 g/mol. The van der Waals surface area contributed by atoms with E-state index in [9.17, 15) is 13.6 Å². The van der Waals surface area contributed by atoms with Crippen LogP contribution in [0.25, 0.3) is 0 Å². The van der Waals surface area contributed by atoms with E-state index in [0.29, 0.717) is 17.2 Å². The SMILES string of the molecule is CNC(=O)COc1c(F)cc(SCCNSc2ccccc2)cc1F. The first-order valence-electron chi connectivity index (χ1n) is 7.50. The minimum atomic E-state index is -0.821. The molecule has 0 spiro atoms. The van der Waals surface area contributed by atoms with Crippen molar-refractivity contribution in [3.05, 3.63) is 54.1 Å². The first-order valence-corrected chi connectivity index (χ1v) is 9.30. The second-order valence-corrected chi connectivity index (χ2v) is 6.97. The molecule has 134 valence electrons. The van der Waals surface area contributed by atoms with Crippen LogP contribution in [-0.2, 0) is 4.79 Å². The number of carbonyl (C=O) groups is 1. The molecule has 0 aromatic heterocycles. The summed E-state index contributed by atoms with van der Waals surface area (Å²) < 4.78 is 35.9. The number of halogens is 2. The van der Waals surface area contributed by atoms with Gasteiger partial charge < -0.3 is 10.1 Å². The minimum absolute atomic E-state index is 0.433. The molecule has 2 aromatic rings. The van der Waals surface area contributed by atoms with Gasteiger partial charge in [0.05, 0.1) is 0 Å². The molecule has 0 aliphatic carbocycles.